The predicted octanol–water partition coefficient (Wildman–Crippen LogP) is 2.63. The number of hydrogen-bond donors (Lipinski definition) is 1. The first-order valence-corrected chi connectivity index (χ1v) is 6.68. The van der Waals surface area contributed by atoms with Crippen LogP contribution < -0.4 is 5.32 Å². The van der Waals surface area contributed by atoms with E-state index in [0.29, 0.717) is 12.0 Å². The van der Waals surface area contributed by atoms with E-state index in [0.717, 1.165) is 6.54 Å². The SMILES string of the molecule is c1ccc2c(c1)CCC1NCc3ncccc3C21. The smallest absolute Gasteiger partial charge is 0.0580 e. The monoisotopic (exact) mass is 236 g/mol. The van der Waals surface area contributed by atoms with Crippen molar-refractivity contribution >= 4 is 0 Å². The summed E-state index contributed by atoms with van der Waals surface area (Å²) in [6.45, 7) is 0.916. The molecule has 1 aromatic heterocycles. The molecule has 0 bridgehead atoms. The van der Waals surface area contributed by atoms with Crippen LogP contribution in [0.3, 0.4) is 0 Å². The summed E-state index contributed by atoms with van der Waals surface area (Å²) < 4.78 is 0. The molecule has 0 saturated carbocycles. The number of aryl methyl sites for hydroxylation is 1. The second-order valence-corrected chi connectivity index (χ2v) is 5.24. The molecular weight excluding hydrogens is 220 g/mol. The summed E-state index contributed by atoms with van der Waals surface area (Å²) in [4.78, 5) is 4.52. The van der Waals surface area contributed by atoms with Crippen molar-refractivity contribution in [3.63, 3.8) is 0 Å². The van der Waals surface area contributed by atoms with Crippen LogP contribution in [-0.2, 0) is 13.0 Å². The lowest BCUT2D eigenvalue weighted by Gasteiger charge is -2.38. The molecule has 2 aliphatic rings. The minimum absolute atomic E-state index is 0.493. The average Bonchev–Trinajstić information content (AvgIpc) is 2.46. The molecule has 0 radical (unpaired) electrons. The van der Waals surface area contributed by atoms with E-state index in [-0.39, 0.29) is 0 Å². The van der Waals surface area contributed by atoms with E-state index in [1.54, 1.807) is 0 Å². The third-order valence-electron chi connectivity index (χ3n) is 4.31. The fourth-order valence-corrected chi connectivity index (χ4v) is 3.47. The van der Waals surface area contributed by atoms with E-state index < -0.39 is 0 Å². The number of benzene rings is 1. The fourth-order valence-electron chi connectivity index (χ4n) is 3.47. The Morgan fingerprint density at radius 1 is 1.06 bits per heavy atom. The number of aromatic nitrogens is 1. The van der Waals surface area contributed by atoms with Crippen molar-refractivity contribution in [1.29, 1.82) is 0 Å². The summed E-state index contributed by atoms with van der Waals surface area (Å²) in [5.74, 6) is 0.493. The van der Waals surface area contributed by atoms with Gasteiger partial charge in [0.2, 0.25) is 0 Å². The van der Waals surface area contributed by atoms with Gasteiger partial charge in [-0.05, 0) is 35.6 Å². The fraction of sp³-hybridized carbons (Fsp3) is 0.312. The highest BCUT2D eigenvalue weighted by Gasteiger charge is 2.34. The first-order chi connectivity index (χ1) is 8.93. The Kier molecular flexibility index (Phi) is 2.24. The maximum atomic E-state index is 4.52. The van der Waals surface area contributed by atoms with Crippen LogP contribution in [0.25, 0.3) is 0 Å². The van der Waals surface area contributed by atoms with Crippen molar-refractivity contribution < 1.29 is 0 Å². The molecule has 2 nitrogen and oxygen atoms in total. The highest BCUT2D eigenvalue weighted by Crippen LogP contribution is 2.39. The van der Waals surface area contributed by atoms with Crippen LogP contribution >= 0.6 is 0 Å². The zero-order valence-corrected chi connectivity index (χ0v) is 10.3. The summed E-state index contributed by atoms with van der Waals surface area (Å²) in [5, 5.41) is 3.66. The van der Waals surface area contributed by atoms with Gasteiger partial charge >= 0.3 is 0 Å². The Hall–Kier alpha value is -1.67. The Morgan fingerprint density at radius 2 is 1.94 bits per heavy atom. The highest BCUT2D eigenvalue weighted by atomic mass is 15.0. The molecule has 0 saturated heterocycles. The largest absolute Gasteiger partial charge is 0.307 e. The van der Waals surface area contributed by atoms with E-state index >= 15 is 0 Å². The van der Waals surface area contributed by atoms with Gasteiger partial charge in [-0.2, -0.15) is 0 Å². The molecule has 2 heterocycles. The van der Waals surface area contributed by atoms with E-state index in [4.69, 9.17) is 0 Å². The molecule has 0 amide bonds. The van der Waals surface area contributed by atoms with Crippen molar-refractivity contribution in [2.75, 3.05) is 0 Å². The Balaban J connectivity index is 1.91. The predicted molar refractivity (Wildman–Crippen MR) is 71.5 cm³/mol. The number of pyridine rings is 1. The van der Waals surface area contributed by atoms with Crippen LogP contribution in [0.2, 0.25) is 0 Å². The van der Waals surface area contributed by atoms with Crippen LogP contribution in [0.5, 0.6) is 0 Å². The Morgan fingerprint density at radius 3 is 2.94 bits per heavy atom. The average molecular weight is 236 g/mol. The molecule has 2 aromatic rings. The van der Waals surface area contributed by atoms with Crippen LogP contribution in [-0.4, -0.2) is 11.0 Å². The molecule has 1 aliphatic carbocycles. The molecule has 90 valence electrons. The maximum absolute atomic E-state index is 4.52. The molecule has 1 aromatic carbocycles. The normalized spacial score (nSPS) is 24.9. The molecular formula is C16H16N2. The number of nitrogens with one attached hydrogen (secondary N) is 1. The van der Waals surface area contributed by atoms with Gasteiger partial charge in [0, 0.05) is 24.7 Å². The van der Waals surface area contributed by atoms with E-state index in [1.807, 2.05) is 6.20 Å². The molecule has 0 spiro atoms. The lowest BCUT2D eigenvalue weighted by atomic mass is 9.73. The molecule has 4 rings (SSSR count). The maximum Gasteiger partial charge on any atom is 0.0580 e. The first kappa shape index (κ1) is 10.3. The first-order valence-electron chi connectivity index (χ1n) is 6.68. The van der Waals surface area contributed by atoms with Gasteiger partial charge in [-0.1, -0.05) is 30.3 Å². The lowest BCUT2D eigenvalue weighted by Crippen LogP contribution is -2.42. The van der Waals surface area contributed by atoms with Crippen LogP contribution in [0.15, 0.2) is 42.6 Å². The van der Waals surface area contributed by atoms with Crippen molar-refractivity contribution in [3.05, 3.63) is 65.0 Å². The third-order valence-corrected chi connectivity index (χ3v) is 4.31. The van der Waals surface area contributed by atoms with Crippen LogP contribution in [0.4, 0.5) is 0 Å². The van der Waals surface area contributed by atoms with Crippen molar-refractivity contribution in [1.82, 2.24) is 10.3 Å². The zero-order chi connectivity index (χ0) is 11.9. The molecule has 2 heteroatoms. The summed E-state index contributed by atoms with van der Waals surface area (Å²) in [6, 6.07) is 13.8. The molecule has 1 aliphatic heterocycles. The summed E-state index contributed by atoms with van der Waals surface area (Å²) in [6.07, 6.45) is 4.32. The minimum Gasteiger partial charge on any atom is -0.307 e. The Bertz CT molecular complexity index is 540. The number of rotatable bonds is 0. The van der Waals surface area contributed by atoms with Gasteiger partial charge in [0.15, 0.2) is 0 Å². The minimum atomic E-state index is 0.493. The molecule has 1 N–H and O–H groups in total. The summed E-state index contributed by atoms with van der Waals surface area (Å²) in [7, 11) is 0. The van der Waals surface area contributed by atoms with Gasteiger partial charge in [-0.15, -0.1) is 0 Å². The Labute approximate surface area is 107 Å². The zero-order valence-electron chi connectivity index (χ0n) is 10.3. The topological polar surface area (TPSA) is 24.9 Å². The van der Waals surface area contributed by atoms with Crippen molar-refractivity contribution in [3.8, 4) is 0 Å². The molecule has 2 atom stereocenters. The molecule has 2 unspecified atom stereocenters. The van der Waals surface area contributed by atoms with Gasteiger partial charge in [-0.3, -0.25) is 4.98 Å². The number of nitrogens with zero attached hydrogens (tertiary/aromatic N) is 1. The second kappa shape index (κ2) is 3.92. The second-order valence-electron chi connectivity index (χ2n) is 5.24. The summed E-state index contributed by atoms with van der Waals surface area (Å²) >= 11 is 0. The standard InChI is InChI=1S/C16H16N2/c1-2-5-12-11(4-1)7-8-14-16(12)13-6-3-9-17-15(13)10-18-14/h1-6,9,14,16,18H,7-8,10H2. The molecule has 18 heavy (non-hydrogen) atoms. The molecule has 0 fully saturated rings. The van der Waals surface area contributed by atoms with Crippen molar-refractivity contribution in [2.45, 2.75) is 31.3 Å². The summed E-state index contributed by atoms with van der Waals surface area (Å²) in [5.41, 5.74) is 5.65. The van der Waals surface area contributed by atoms with Crippen LogP contribution in [0.1, 0.15) is 34.7 Å². The third kappa shape index (κ3) is 1.42. The van der Waals surface area contributed by atoms with Gasteiger partial charge in [0.1, 0.15) is 0 Å². The lowest BCUT2D eigenvalue weighted by molar-refractivity contribution is 0.389. The number of fused-ring (bicyclic) bond motifs is 5. The van der Waals surface area contributed by atoms with E-state index in [9.17, 15) is 0 Å². The van der Waals surface area contributed by atoms with Gasteiger partial charge < -0.3 is 5.32 Å². The van der Waals surface area contributed by atoms with Crippen LogP contribution in [0, 0.1) is 0 Å². The van der Waals surface area contributed by atoms with E-state index in [2.05, 4.69) is 46.7 Å². The van der Waals surface area contributed by atoms with Gasteiger partial charge in [-0.25, -0.2) is 0 Å². The quantitative estimate of drug-likeness (QED) is 0.760. The van der Waals surface area contributed by atoms with Gasteiger partial charge in [0.05, 0.1) is 5.69 Å². The highest BCUT2D eigenvalue weighted by molar-refractivity contribution is 5.44. The number of hydrogen-bond acceptors (Lipinski definition) is 2. The van der Waals surface area contributed by atoms with E-state index in [1.165, 1.54) is 35.2 Å². The van der Waals surface area contributed by atoms with Gasteiger partial charge in [0.25, 0.3) is 0 Å². The van der Waals surface area contributed by atoms with Crippen molar-refractivity contribution in [2.24, 2.45) is 0 Å².